The molecule has 0 heterocycles. The Balaban J connectivity index is 4.24. The lowest BCUT2D eigenvalue weighted by Crippen LogP contribution is -2.21. The van der Waals surface area contributed by atoms with Gasteiger partial charge in [0.15, 0.2) is 0 Å². The molecule has 0 spiro atoms. The van der Waals surface area contributed by atoms with Gasteiger partial charge >= 0.3 is 0 Å². The minimum Gasteiger partial charge on any atom is -0.295 e. The molecule has 1 atom stereocenters. The molecule has 0 bridgehead atoms. The number of hydrogen-bond donors (Lipinski definition) is 1. The molecule has 3 nitrogen and oxygen atoms in total. The van der Waals surface area contributed by atoms with Crippen molar-refractivity contribution >= 4 is 24.1 Å². The van der Waals surface area contributed by atoms with Crippen LogP contribution in [0.25, 0.3) is 0 Å². The predicted molar refractivity (Wildman–Crippen MR) is 59.9 cm³/mol. The zero-order valence-electron chi connectivity index (χ0n) is 8.87. The van der Waals surface area contributed by atoms with Crippen LogP contribution in [-0.2, 0) is 9.59 Å². The average Bonchev–Trinajstić information content (AvgIpc) is 2.18. The molecule has 0 radical (unpaired) electrons. The van der Waals surface area contributed by atoms with E-state index in [0.717, 1.165) is 12.8 Å². The fourth-order valence-electron chi connectivity index (χ4n) is 0.868. The maximum atomic E-state index is 11.2. The smallest absolute Gasteiger partial charge is 0.263 e. The monoisotopic (exact) mass is 215 g/mol. The van der Waals surface area contributed by atoms with Gasteiger partial charge in [-0.25, -0.2) is 0 Å². The molecule has 1 unspecified atom stereocenters. The van der Waals surface area contributed by atoms with Gasteiger partial charge in [0.25, 0.3) is 5.91 Å². The van der Waals surface area contributed by atoms with Crippen molar-refractivity contribution in [3.05, 3.63) is 11.0 Å². The molecule has 14 heavy (non-hydrogen) atoms. The molecule has 0 rings (SSSR count). The molecule has 0 aliphatic carbocycles. The van der Waals surface area contributed by atoms with E-state index in [1.807, 2.05) is 12.3 Å². The predicted octanol–water partition coefficient (Wildman–Crippen LogP) is 1.94. The summed E-state index contributed by atoms with van der Waals surface area (Å²) in [7, 11) is 0. The zero-order chi connectivity index (χ0) is 11.0. The molecule has 0 aliphatic heterocycles. The number of carbonyl (C=O) groups is 2. The molecule has 2 amide bonds. The highest BCUT2D eigenvalue weighted by molar-refractivity contribution is 8.03. The maximum Gasteiger partial charge on any atom is 0.263 e. The molecule has 80 valence electrons. The summed E-state index contributed by atoms with van der Waals surface area (Å²) < 4.78 is 0. The van der Waals surface area contributed by atoms with Crippen molar-refractivity contribution in [1.29, 1.82) is 0 Å². The van der Waals surface area contributed by atoms with E-state index in [0.29, 0.717) is 17.2 Å². The number of imide groups is 1. The Morgan fingerprint density at radius 3 is 2.64 bits per heavy atom. The minimum absolute atomic E-state index is 0.309. The van der Waals surface area contributed by atoms with Gasteiger partial charge in [-0.2, -0.15) is 0 Å². The number of amides is 2. The van der Waals surface area contributed by atoms with Gasteiger partial charge in [-0.15, -0.1) is 11.8 Å². The van der Waals surface area contributed by atoms with Crippen LogP contribution in [0.4, 0.5) is 0 Å². The summed E-state index contributed by atoms with van der Waals surface area (Å²) in [5, 5.41) is 2.13. The molecule has 0 aromatic heterocycles. The van der Waals surface area contributed by atoms with Crippen LogP contribution in [0.2, 0.25) is 0 Å². The first-order valence-electron chi connectivity index (χ1n) is 4.64. The molecule has 4 heteroatoms. The third kappa shape index (κ3) is 5.07. The Hall–Kier alpha value is -0.770. The first kappa shape index (κ1) is 13.2. The van der Waals surface area contributed by atoms with Gasteiger partial charge in [-0.3, -0.25) is 14.9 Å². The second kappa shape index (κ2) is 7.62. The normalized spacial score (nSPS) is 13.5. The largest absolute Gasteiger partial charge is 0.295 e. The average molecular weight is 215 g/mol. The third-order valence-electron chi connectivity index (χ3n) is 2.04. The Labute approximate surface area is 89.3 Å². The van der Waals surface area contributed by atoms with Crippen molar-refractivity contribution in [1.82, 2.24) is 5.32 Å². The van der Waals surface area contributed by atoms with Gasteiger partial charge in [-0.05, 0) is 18.6 Å². The molecule has 0 saturated carbocycles. The van der Waals surface area contributed by atoms with E-state index in [1.165, 1.54) is 11.8 Å². The van der Waals surface area contributed by atoms with E-state index in [2.05, 4.69) is 19.2 Å². The Morgan fingerprint density at radius 2 is 2.21 bits per heavy atom. The lowest BCUT2D eigenvalue weighted by molar-refractivity contribution is -0.121. The highest BCUT2D eigenvalue weighted by Crippen LogP contribution is 2.16. The first-order valence-corrected chi connectivity index (χ1v) is 5.86. The summed E-state index contributed by atoms with van der Waals surface area (Å²) in [6.07, 6.45) is 6.09. The first-order chi connectivity index (χ1) is 6.65. The van der Waals surface area contributed by atoms with E-state index in [9.17, 15) is 9.59 Å². The maximum absolute atomic E-state index is 11.2. The number of thioether (sulfide) groups is 1. The zero-order valence-corrected chi connectivity index (χ0v) is 9.69. The lowest BCUT2D eigenvalue weighted by Gasteiger charge is -2.05. The van der Waals surface area contributed by atoms with Gasteiger partial charge in [-0.1, -0.05) is 26.3 Å². The van der Waals surface area contributed by atoms with Crippen LogP contribution < -0.4 is 5.32 Å². The Kier molecular flexibility index (Phi) is 7.20. The van der Waals surface area contributed by atoms with Crippen LogP contribution in [0.15, 0.2) is 11.0 Å². The molecule has 0 aromatic rings. The number of hydrogen-bond acceptors (Lipinski definition) is 3. The van der Waals surface area contributed by atoms with Gasteiger partial charge in [0.05, 0.1) is 4.91 Å². The molecular weight excluding hydrogens is 198 g/mol. The van der Waals surface area contributed by atoms with E-state index in [4.69, 9.17) is 0 Å². The summed E-state index contributed by atoms with van der Waals surface area (Å²) in [6.45, 7) is 4.24. The van der Waals surface area contributed by atoms with E-state index < -0.39 is 0 Å². The van der Waals surface area contributed by atoms with Crippen molar-refractivity contribution in [3.63, 3.8) is 0 Å². The molecule has 0 aromatic carbocycles. The number of carbonyl (C=O) groups excluding carboxylic acids is 2. The lowest BCUT2D eigenvalue weighted by atomic mass is 10.1. The Bertz CT molecular complexity index is 226. The van der Waals surface area contributed by atoms with E-state index in [-0.39, 0.29) is 5.91 Å². The summed E-state index contributed by atoms with van der Waals surface area (Å²) >= 11 is 1.36. The topological polar surface area (TPSA) is 46.2 Å². The quantitative estimate of drug-likeness (QED) is 0.544. The third-order valence-corrected chi connectivity index (χ3v) is 2.83. The SMILES string of the molecule is CCC(C)CC=C(SC)C(=O)NC=O. The molecule has 0 aliphatic rings. The second-order valence-corrected chi connectivity index (χ2v) is 3.96. The highest BCUT2D eigenvalue weighted by atomic mass is 32.2. The fraction of sp³-hybridized carbons (Fsp3) is 0.600. The number of allylic oxidation sites excluding steroid dienone is 1. The van der Waals surface area contributed by atoms with Crippen LogP contribution in [0.3, 0.4) is 0 Å². The van der Waals surface area contributed by atoms with Crippen LogP contribution in [0, 0.1) is 5.92 Å². The van der Waals surface area contributed by atoms with Gasteiger partial charge < -0.3 is 0 Å². The van der Waals surface area contributed by atoms with Crippen molar-refractivity contribution in [2.45, 2.75) is 26.7 Å². The fourth-order valence-corrected chi connectivity index (χ4v) is 1.38. The standard InChI is InChI=1S/C10H17NO2S/c1-4-8(2)5-6-9(14-3)10(13)11-7-12/h6-8H,4-5H2,1-3H3,(H,11,12,13). The van der Waals surface area contributed by atoms with Crippen molar-refractivity contribution in [3.8, 4) is 0 Å². The minimum atomic E-state index is -0.309. The summed E-state index contributed by atoms with van der Waals surface area (Å²) in [5.41, 5.74) is 0. The Morgan fingerprint density at radius 1 is 1.57 bits per heavy atom. The summed E-state index contributed by atoms with van der Waals surface area (Å²) in [6, 6.07) is 0. The highest BCUT2D eigenvalue weighted by Gasteiger charge is 2.07. The molecular formula is C10H17NO2S. The van der Waals surface area contributed by atoms with E-state index in [1.54, 1.807) is 0 Å². The van der Waals surface area contributed by atoms with Crippen LogP contribution in [0.5, 0.6) is 0 Å². The number of nitrogens with one attached hydrogen (secondary N) is 1. The van der Waals surface area contributed by atoms with Gasteiger partial charge in [0.2, 0.25) is 6.41 Å². The molecule has 0 saturated heterocycles. The van der Waals surface area contributed by atoms with Gasteiger partial charge in [0, 0.05) is 0 Å². The van der Waals surface area contributed by atoms with Crippen LogP contribution in [-0.4, -0.2) is 18.6 Å². The number of rotatable bonds is 6. The summed E-state index contributed by atoms with van der Waals surface area (Å²) in [5.74, 6) is 0.261. The van der Waals surface area contributed by atoms with E-state index >= 15 is 0 Å². The molecule has 0 fully saturated rings. The van der Waals surface area contributed by atoms with Crippen LogP contribution in [0.1, 0.15) is 26.7 Å². The van der Waals surface area contributed by atoms with Crippen molar-refractivity contribution in [2.24, 2.45) is 5.92 Å². The van der Waals surface area contributed by atoms with Crippen molar-refractivity contribution in [2.75, 3.05) is 6.26 Å². The second-order valence-electron chi connectivity index (χ2n) is 3.11. The van der Waals surface area contributed by atoms with Gasteiger partial charge in [0.1, 0.15) is 0 Å². The summed E-state index contributed by atoms with van der Waals surface area (Å²) in [4.78, 5) is 21.9. The van der Waals surface area contributed by atoms with Crippen LogP contribution >= 0.6 is 11.8 Å². The molecule has 1 N–H and O–H groups in total. The van der Waals surface area contributed by atoms with Crippen molar-refractivity contribution < 1.29 is 9.59 Å².